The van der Waals surface area contributed by atoms with Crippen molar-refractivity contribution in [2.75, 3.05) is 7.11 Å². The number of aliphatic imine (C=N–C) groups is 1. The van der Waals surface area contributed by atoms with Crippen molar-refractivity contribution in [3.05, 3.63) is 83.1 Å². The highest BCUT2D eigenvalue weighted by Crippen LogP contribution is 2.26. The van der Waals surface area contributed by atoms with Crippen LogP contribution in [0.3, 0.4) is 0 Å². The molecule has 0 aliphatic heterocycles. The molecule has 0 amide bonds. The monoisotopic (exact) mass is 399 g/mol. The molecule has 1 aromatic heterocycles. The number of hydrogen-bond acceptors (Lipinski definition) is 5. The van der Waals surface area contributed by atoms with Crippen LogP contribution in [0.4, 0.5) is 8.78 Å². The molecule has 0 aliphatic rings. The molecule has 150 valence electrons. The lowest BCUT2D eigenvalue weighted by Gasteiger charge is -2.13. The van der Waals surface area contributed by atoms with Gasteiger partial charge in [-0.3, -0.25) is 15.7 Å². The van der Waals surface area contributed by atoms with Crippen LogP contribution in [0.15, 0.2) is 59.6 Å². The Bertz CT molecular complexity index is 1020. The summed E-state index contributed by atoms with van der Waals surface area (Å²) in [5.41, 5.74) is 3.07. The summed E-state index contributed by atoms with van der Waals surface area (Å²) in [6.07, 6.45) is 0. The third-order valence-electron chi connectivity index (χ3n) is 4.05. The maximum absolute atomic E-state index is 13.8. The van der Waals surface area contributed by atoms with E-state index in [0.717, 1.165) is 18.2 Å². The fourth-order valence-corrected chi connectivity index (χ4v) is 2.56. The number of methoxy groups -OCH3 is 1. The SMILES string of the molecule is COc1ccc(Oc2nc(C)ccc2C(=NCc2cc(F)ccc2F)NO)cc1. The topological polar surface area (TPSA) is 76.0 Å². The Morgan fingerprint density at radius 2 is 1.79 bits per heavy atom. The Labute approximate surface area is 166 Å². The second kappa shape index (κ2) is 9.11. The molecule has 0 spiro atoms. The number of benzene rings is 2. The fourth-order valence-electron chi connectivity index (χ4n) is 2.56. The third kappa shape index (κ3) is 5.05. The molecule has 3 rings (SSSR count). The van der Waals surface area contributed by atoms with Crippen LogP contribution in [0.2, 0.25) is 0 Å². The average molecular weight is 399 g/mol. The predicted octanol–water partition coefficient (Wildman–Crippen LogP) is 4.39. The second-order valence-electron chi connectivity index (χ2n) is 6.10. The molecule has 0 bridgehead atoms. The number of aryl methyl sites for hydroxylation is 1. The zero-order chi connectivity index (χ0) is 20.8. The normalized spacial score (nSPS) is 11.3. The maximum Gasteiger partial charge on any atom is 0.230 e. The first-order valence-electron chi connectivity index (χ1n) is 8.68. The second-order valence-corrected chi connectivity index (χ2v) is 6.10. The summed E-state index contributed by atoms with van der Waals surface area (Å²) in [6.45, 7) is 1.60. The van der Waals surface area contributed by atoms with Gasteiger partial charge in [0, 0.05) is 11.3 Å². The quantitative estimate of drug-likeness (QED) is 0.365. The third-order valence-corrected chi connectivity index (χ3v) is 4.05. The number of hydroxylamine groups is 1. The van der Waals surface area contributed by atoms with Gasteiger partial charge in [0.25, 0.3) is 0 Å². The van der Waals surface area contributed by atoms with Crippen LogP contribution < -0.4 is 15.0 Å². The largest absolute Gasteiger partial charge is 0.497 e. The van der Waals surface area contributed by atoms with Crippen molar-refractivity contribution in [2.24, 2.45) is 4.99 Å². The molecule has 0 saturated carbocycles. The molecule has 0 atom stereocenters. The summed E-state index contributed by atoms with van der Waals surface area (Å²) < 4.78 is 38.2. The molecule has 8 heteroatoms. The van der Waals surface area contributed by atoms with Gasteiger partial charge in [-0.25, -0.2) is 13.8 Å². The number of nitrogens with one attached hydrogen (secondary N) is 1. The van der Waals surface area contributed by atoms with Gasteiger partial charge in [-0.05, 0) is 61.5 Å². The molecule has 0 fully saturated rings. The lowest BCUT2D eigenvalue weighted by atomic mass is 10.2. The molecular formula is C21H19F2N3O3. The van der Waals surface area contributed by atoms with E-state index in [-0.39, 0.29) is 23.8 Å². The maximum atomic E-state index is 13.8. The number of pyridine rings is 1. The Morgan fingerprint density at radius 3 is 2.48 bits per heavy atom. The van der Waals surface area contributed by atoms with Gasteiger partial charge in [0.15, 0.2) is 5.84 Å². The summed E-state index contributed by atoms with van der Waals surface area (Å²) in [6, 6.07) is 13.4. The highest BCUT2D eigenvalue weighted by Gasteiger charge is 2.14. The van der Waals surface area contributed by atoms with Crippen molar-refractivity contribution < 1.29 is 23.5 Å². The average Bonchev–Trinajstić information content (AvgIpc) is 2.72. The van der Waals surface area contributed by atoms with Crippen LogP contribution in [0.1, 0.15) is 16.8 Å². The van der Waals surface area contributed by atoms with Crippen molar-refractivity contribution in [3.63, 3.8) is 0 Å². The molecule has 1 heterocycles. The van der Waals surface area contributed by atoms with Crippen molar-refractivity contribution in [3.8, 4) is 17.4 Å². The van der Waals surface area contributed by atoms with Crippen molar-refractivity contribution >= 4 is 5.84 Å². The first-order valence-corrected chi connectivity index (χ1v) is 8.68. The number of amidine groups is 1. The summed E-state index contributed by atoms with van der Waals surface area (Å²) in [4.78, 5) is 8.50. The van der Waals surface area contributed by atoms with Crippen molar-refractivity contribution in [1.29, 1.82) is 0 Å². The number of aromatic nitrogens is 1. The van der Waals surface area contributed by atoms with Crippen molar-refractivity contribution in [1.82, 2.24) is 10.5 Å². The van der Waals surface area contributed by atoms with Crippen LogP contribution >= 0.6 is 0 Å². The minimum absolute atomic E-state index is 0.00433. The molecule has 0 radical (unpaired) electrons. The van der Waals surface area contributed by atoms with Gasteiger partial charge in [-0.15, -0.1) is 0 Å². The van der Waals surface area contributed by atoms with Gasteiger partial charge in [0.2, 0.25) is 5.88 Å². The Kier molecular flexibility index (Phi) is 6.36. The highest BCUT2D eigenvalue weighted by atomic mass is 19.1. The summed E-state index contributed by atoms with van der Waals surface area (Å²) in [5, 5.41) is 9.56. The number of ether oxygens (including phenoxy) is 2. The number of rotatable bonds is 6. The zero-order valence-corrected chi connectivity index (χ0v) is 15.8. The van der Waals surface area contributed by atoms with Gasteiger partial charge in [0.05, 0.1) is 19.2 Å². The van der Waals surface area contributed by atoms with Gasteiger partial charge < -0.3 is 9.47 Å². The fraction of sp³-hybridized carbons (Fsp3) is 0.143. The molecule has 3 aromatic rings. The van der Waals surface area contributed by atoms with E-state index < -0.39 is 11.6 Å². The first kappa shape index (κ1) is 20.2. The number of hydrogen-bond donors (Lipinski definition) is 2. The molecule has 0 aliphatic carbocycles. The minimum atomic E-state index is -0.593. The Balaban J connectivity index is 1.91. The zero-order valence-electron chi connectivity index (χ0n) is 15.8. The first-order chi connectivity index (χ1) is 14.0. The summed E-state index contributed by atoms with van der Waals surface area (Å²) in [7, 11) is 1.56. The van der Waals surface area contributed by atoms with E-state index in [1.54, 1.807) is 50.4 Å². The van der Waals surface area contributed by atoms with E-state index in [0.29, 0.717) is 22.8 Å². The Hall–Kier alpha value is -3.52. The molecule has 2 aromatic carbocycles. The number of halogens is 2. The van der Waals surface area contributed by atoms with Gasteiger partial charge in [0.1, 0.15) is 23.1 Å². The van der Waals surface area contributed by atoms with E-state index >= 15 is 0 Å². The molecule has 6 nitrogen and oxygen atoms in total. The lowest BCUT2D eigenvalue weighted by molar-refractivity contribution is 0.234. The predicted molar refractivity (Wildman–Crippen MR) is 104 cm³/mol. The number of nitrogens with zero attached hydrogens (tertiary/aromatic N) is 2. The van der Waals surface area contributed by atoms with Crippen LogP contribution in [0.25, 0.3) is 0 Å². The summed E-state index contributed by atoms with van der Waals surface area (Å²) >= 11 is 0. The van der Waals surface area contributed by atoms with E-state index in [1.165, 1.54) is 0 Å². The van der Waals surface area contributed by atoms with Gasteiger partial charge in [-0.2, -0.15) is 0 Å². The minimum Gasteiger partial charge on any atom is -0.497 e. The molecule has 29 heavy (non-hydrogen) atoms. The van der Waals surface area contributed by atoms with Gasteiger partial charge in [-0.1, -0.05) is 0 Å². The van der Waals surface area contributed by atoms with Gasteiger partial charge >= 0.3 is 0 Å². The van der Waals surface area contributed by atoms with Crippen LogP contribution in [-0.2, 0) is 6.54 Å². The van der Waals surface area contributed by atoms with E-state index in [4.69, 9.17) is 9.47 Å². The lowest BCUT2D eigenvalue weighted by Crippen LogP contribution is -2.22. The van der Waals surface area contributed by atoms with E-state index in [9.17, 15) is 14.0 Å². The van der Waals surface area contributed by atoms with Crippen LogP contribution in [0, 0.1) is 18.6 Å². The van der Waals surface area contributed by atoms with Crippen LogP contribution in [0.5, 0.6) is 17.4 Å². The smallest absolute Gasteiger partial charge is 0.230 e. The molecular weight excluding hydrogens is 380 g/mol. The molecule has 2 N–H and O–H groups in total. The molecule has 0 saturated heterocycles. The molecule has 0 unspecified atom stereocenters. The summed E-state index contributed by atoms with van der Waals surface area (Å²) in [5.74, 6) is 0.199. The highest BCUT2D eigenvalue weighted by molar-refractivity contribution is 6.00. The standard InChI is InChI=1S/C21H19F2N3O3/c1-13-3-9-18(21(25-13)29-17-7-5-16(28-2)6-8-17)20(26-27)24-12-14-11-15(22)4-10-19(14)23/h3-11,27H,12H2,1-2H3,(H,24,26). The van der Waals surface area contributed by atoms with Crippen LogP contribution in [-0.4, -0.2) is 23.1 Å². The van der Waals surface area contributed by atoms with Crippen molar-refractivity contribution in [2.45, 2.75) is 13.5 Å². The Morgan fingerprint density at radius 1 is 1.07 bits per heavy atom. The van der Waals surface area contributed by atoms with E-state index in [1.807, 2.05) is 5.48 Å². The van der Waals surface area contributed by atoms with E-state index in [2.05, 4.69) is 9.98 Å².